The molecule has 0 aliphatic carbocycles. The molecule has 0 saturated heterocycles. The van der Waals surface area contributed by atoms with Crippen molar-refractivity contribution in [2.45, 2.75) is 6.92 Å². The van der Waals surface area contributed by atoms with Gasteiger partial charge in [-0.3, -0.25) is 4.79 Å². The molecular formula is C15H15NO6. The van der Waals surface area contributed by atoms with E-state index in [0.29, 0.717) is 11.0 Å². The van der Waals surface area contributed by atoms with Crippen LogP contribution >= 0.6 is 0 Å². The minimum Gasteiger partial charge on any atom is -0.435 e. The van der Waals surface area contributed by atoms with E-state index in [2.05, 4.69) is 10.1 Å². The number of carbonyl (C=O) groups is 2. The number of carbonyl (C=O) groups excluding carboxylic acids is 2. The van der Waals surface area contributed by atoms with Crippen molar-refractivity contribution in [1.29, 1.82) is 0 Å². The normalized spacial score (nSPS) is 10.2. The van der Waals surface area contributed by atoms with Gasteiger partial charge in [0.15, 0.2) is 0 Å². The van der Waals surface area contributed by atoms with E-state index in [0.717, 1.165) is 0 Å². The van der Waals surface area contributed by atoms with Gasteiger partial charge >= 0.3 is 11.8 Å². The van der Waals surface area contributed by atoms with Gasteiger partial charge < -0.3 is 19.2 Å². The molecule has 0 aliphatic rings. The molecule has 0 saturated carbocycles. The summed E-state index contributed by atoms with van der Waals surface area (Å²) in [6, 6.07) is 8.35. The minimum absolute atomic E-state index is 0.0521. The number of para-hydroxylation sites is 1. The number of hydrogen-bond donors (Lipinski definition) is 1. The third-order valence-electron chi connectivity index (χ3n) is 2.76. The first kappa shape index (κ1) is 15.6. The maximum atomic E-state index is 11.9. The Morgan fingerprint density at radius 3 is 2.77 bits per heavy atom. The zero-order valence-corrected chi connectivity index (χ0v) is 12.0. The minimum atomic E-state index is -0.804. The van der Waals surface area contributed by atoms with Crippen molar-refractivity contribution in [2.24, 2.45) is 0 Å². The Bertz CT molecular complexity index is 736. The molecule has 0 unspecified atom stereocenters. The molecule has 1 amide bonds. The molecule has 0 bridgehead atoms. The van der Waals surface area contributed by atoms with E-state index in [-0.39, 0.29) is 25.3 Å². The van der Waals surface area contributed by atoms with Crippen LogP contribution < -0.4 is 10.9 Å². The van der Waals surface area contributed by atoms with Crippen LogP contribution in [0.15, 0.2) is 39.5 Å². The van der Waals surface area contributed by atoms with Crippen LogP contribution in [0.5, 0.6) is 0 Å². The number of nitrogens with one attached hydrogen (secondary N) is 1. The van der Waals surface area contributed by atoms with Crippen molar-refractivity contribution >= 4 is 23.0 Å². The number of ether oxygens (including phenoxy) is 2. The van der Waals surface area contributed by atoms with Gasteiger partial charge in [0.2, 0.25) is 0 Å². The second-order valence-electron chi connectivity index (χ2n) is 4.27. The summed E-state index contributed by atoms with van der Waals surface area (Å²) in [5.41, 5.74) is -0.410. The summed E-state index contributed by atoms with van der Waals surface area (Å²) in [5.74, 6) is -0.591. The number of benzene rings is 1. The number of rotatable bonds is 5. The molecule has 0 atom stereocenters. The molecular weight excluding hydrogens is 290 g/mol. The molecule has 116 valence electrons. The van der Waals surface area contributed by atoms with Gasteiger partial charge in [0.1, 0.15) is 17.8 Å². The predicted octanol–water partition coefficient (Wildman–Crippen LogP) is 1.70. The standard InChI is InChI=1S/C15H15NO6/c1-2-20-15(19)21-8-7-16-13(17)11-9-10-5-3-4-6-12(10)22-14(11)18/h3-6,9H,2,7-8H2,1H3,(H,16,17). The Hall–Kier alpha value is -2.83. The van der Waals surface area contributed by atoms with Crippen LogP contribution in [-0.2, 0) is 9.47 Å². The van der Waals surface area contributed by atoms with Crippen LogP contribution in [-0.4, -0.2) is 31.8 Å². The summed E-state index contributed by atoms with van der Waals surface area (Å²) >= 11 is 0. The predicted molar refractivity (Wildman–Crippen MR) is 77.8 cm³/mol. The molecule has 2 rings (SSSR count). The Labute approximate surface area is 125 Å². The van der Waals surface area contributed by atoms with Crippen molar-refractivity contribution in [2.75, 3.05) is 19.8 Å². The van der Waals surface area contributed by atoms with E-state index < -0.39 is 17.7 Å². The summed E-state index contributed by atoms with van der Waals surface area (Å²) in [4.78, 5) is 34.6. The first-order valence-corrected chi connectivity index (χ1v) is 6.72. The molecule has 2 aromatic rings. The summed E-state index contributed by atoms with van der Waals surface area (Å²) in [5, 5.41) is 3.12. The first-order valence-electron chi connectivity index (χ1n) is 6.72. The van der Waals surface area contributed by atoms with Crippen LogP contribution in [0, 0.1) is 0 Å². The van der Waals surface area contributed by atoms with E-state index >= 15 is 0 Å². The molecule has 1 aromatic carbocycles. The van der Waals surface area contributed by atoms with Crippen LogP contribution in [0.1, 0.15) is 17.3 Å². The van der Waals surface area contributed by atoms with E-state index in [1.54, 1.807) is 31.2 Å². The molecule has 22 heavy (non-hydrogen) atoms. The van der Waals surface area contributed by atoms with Crippen molar-refractivity contribution < 1.29 is 23.5 Å². The lowest BCUT2D eigenvalue weighted by Gasteiger charge is -2.06. The van der Waals surface area contributed by atoms with Gasteiger partial charge in [0.25, 0.3) is 5.91 Å². The summed E-state index contributed by atoms with van der Waals surface area (Å²) < 4.78 is 14.3. The summed E-state index contributed by atoms with van der Waals surface area (Å²) in [6.07, 6.45) is -0.804. The third kappa shape index (κ3) is 3.85. The lowest BCUT2D eigenvalue weighted by Crippen LogP contribution is -2.31. The van der Waals surface area contributed by atoms with Crippen molar-refractivity contribution in [3.05, 3.63) is 46.3 Å². The van der Waals surface area contributed by atoms with E-state index in [4.69, 9.17) is 9.15 Å². The average Bonchev–Trinajstić information content (AvgIpc) is 2.51. The Morgan fingerprint density at radius 2 is 2.00 bits per heavy atom. The largest absolute Gasteiger partial charge is 0.508 e. The second-order valence-corrected chi connectivity index (χ2v) is 4.27. The highest BCUT2D eigenvalue weighted by molar-refractivity contribution is 5.96. The zero-order valence-electron chi connectivity index (χ0n) is 12.0. The molecule has 7 heteroatoms. The van der Waals surface area contributed by atoms with Crippen molar-refractivity contribution in [3.8, 4) is 0 Å². The topological polar surface area (TPSA) is 94.8 Å². The lowest BCUT2D eigenvalue weighted by molar-refractivity contribution is 0.0585. The Balaban J connectivity index is 1.97. The fourth-order valence-corrected chi connectivity index (χ4v) is 1.77. The molecule has 1 heterocycles. The summed E-state index contributed by atoms with van der Waals surface area (Å²) in [6.45, 7) is 1.87. The fraction of sp³-hybridized carbons (Fsp3) is 0.267. The van der Waals surface area contributed by atoms with Gasteiger partial charge in [-0.05, 0) is 19.1 Å². The quantitative estimate of drug-likeness (QED) is 0.513. The SMILES string of the molecule is CCOC(=O)OCCNC(=O)c1cc2ccccc2oc1=O. The lowest BCUT2D eigenvalue weighted by atomic mass is 10.2. The van der Waals surface area contributed by atoms with Crippen LogP contribution in [0.3, 0.4) is 0 Å². The van der Waals surface area contributed by atoms with Gasteiger partial charge in [-0.2, -0.15) is 0 Å². The highest BCUT2D eigenvalue weighted by Crippen LogP contribution is 2.12. The molecule has 1 N–H and O–H groups in total. The molecule has 0 fully saturated rings. The second kappa shape index (κ2) is 7.26. The van der Waals surface area contributed by atoms with Crippen LogP contribution in [0.4, 0.5) is 4.79 Å². The molecule has 0 spiro atoms. The van der Waals surface area contributed by atoms with E-state index in [1.165, 1.54) is 6.07 Å². The smallest absolute Gasteiger partial charge is 0.435 e. The van der Waals surface area contributed by atoms with Crippen molar-refractivity contribution in [3.63, 3.8) is 0 Å². The first-order chi connectivity index (χ1) is 10.6. The number of fused-ring (bicyclic) bond motifs is 1. The van der Waals surface area contributed by atoms with Gasteiger partial charge in [-0.25, -0.2) is 9.59 Å². The highest BCUT2D eigenvalue weighted by Gasteiger charge is 2.13. The van der Waals surface area contributed by atoms with Crippen LogP contribution in [0.25, 0.3) is 11.0 Å². The van der Waals surface area contributed by atoms with E-state index in [9.17, 15) is 14.4 Å². The molecule has 1 aromatic heterocycles. The number of hydrogen-bond acceptors (Lipinski definition) is 6. The Kier molecular flexibility index (Phi) is 5.13. The van der Waals surface area contributed by atoms with Crippen molar-refractivity contribution in [1.82, 2.24) is 5.32 Å². The fourth-order valence-electron chi connectivity index (χ4n) is 1.77. The maximum absolute atomic E-state index is 11.9. The molecule has 0 radical (unpaired) electrons. The van der Waals surface area contributed by atoms with Gasteiger partial charge in [-0.1, -0.05) is 18.2 Å². The van der Waals surface area contributed by atoms with E-state index in [1.807, 2.05) is 0 Å². The summed E-state index contributed by atoms with van der Waals surface area (Å²) in [7, 11) is 0. The molecule has 7 nitrogen and oxygen atoms in total. The number of amides is 1. The monoisotopic (exact) mass is 305 g/mol. The maximum Gasteiger partial charge on any atom is 0.508 e. The molecule has 0 aliphatic heterocycles. The third-order valence-corrected chi connectivity index (χ3v) is 2.76. The van der Waals surface area contributed by atoms with Gasteiger partial charge in [-0.15, -0.1) is 0 Å². The Morgan fingerprint density at radius 1 is 1.23 bits per heavy atom. The van der Waals surface area contributed by atoms with Gasteiger partial charge in [0, 0.05) is 5.39 Å². The van der Waals surface area contributed by atoms with Gasteiger partial charge in [0.05, 0.1) is 13.2 Å². The highest BCUT2D eigenvalue weighted by atomic mass is 16.7. The zero-order chi connectivity index (χ0) is 15.9. The average molecular weight is 305 g/mol. The van der Waals surface area contributed by atoms with Crippen LogP contribution in [0.2, 0.25) is 0 Å².